The molecule has 2 atom stereocenters. The maximum atomic E-state index is 6.30. The molecule has 0 aromatic carbocycles. The zero-order valence-corrected chi connectivity index (χ0v) is 12.4. The monoisotopic (exact) mass is 254 g/mol. The zero-order chi connectivity index (χ0) is 13.2. The van der Waals surface area contributed by atoms with Gasteiger partial charge in [-0.25, -0.2) is 9.97 Å². The lowest BCUT2D eigenvalue weighted by Gasteiger charge is -2.23. The minimum absolute atomic E-state index is 0.0873. The predicted octanol–water partition coefficient (Wildman–Crippen LogP) is 4.28. The Morgan fingerprint density at radius 3 is 2.06 bits per heavy atom. The fourth-order valence-corrected chi connectivity index (χ4v) is 2.57. The van der Waals surface area contributed by atoms with E-state index in [-0.39, 0.29) is 11.3 Å². The first-order valence-corrected chi connectivity index (χ1v) is 6.76. The van der Waals surface area contributed by atoms with Gasteiger partial charge in [0.15, 0.2) is 0 Å². The number of aromatic nitrogens is 2. The highest BCUT2D eigenvalue weighted by molar-refractivity contribution is 6.20. The first-order valence-electron chi connectivity index (χ1n) is 6.32. The summed E-state index contributed by atoms with van der Waals surface area (Å²) < 4.78 is 0. The average molecular weight is 255 g/mol. The molecule has 3 heteroatoms. The van der Waals surface area contributed by atoms with Gasteiger partial charge in [0, 0.05) is 28.6 Å². The number of hydrogen-bond acceptors (Lipinski definition) is 2. The molecule has 0 aliphatic rings. The Labute approximate surface area is 110 Å². The number of aryl methyl sites for hydroxylation is 1. The van der Waals surface area contributed by atoms with Crippen LogP contribution in [0.1, 0.15) is 63.7 Å². The van der Waals surface area contributed by atoms with Crippen molar-refractivity contribution in [1.82, 2.24) is 9.97 Å². The standard InChI is InChI=1S/C14H23ClN2/c1-8(2)13(11(6)15)12-7-10(5)16-14(17-12)9(3)4/h7-9,11,13H,1-6H3. The Bertz CT molecular complexity index is 364. The van der Waals surface area contributed by atoms with E-state index in [4.69, 9.17) is 11.6 Å². The van der Waals surface area contributed by atoms with Gasteiger partial charge in [-0.1, -0.05) is 27.7 Å². The van der Waals surface area contributed by atoms with E-state index in [0.29, 0.717) is 11.8 Å². The van der Waals surface area contributed by atoms with Crippen LogP contribution in [-0.4, -0.2) is 15.3 Å². The highest BCUT2D eigenvalue weighted by Crippen LogP contribution is 2.30. The number of alkyl halides is 1. The van der Waals surface area contributed by atoms with Crippen molar-refractivity contribution in [3.05, 3.63) is 23.3 Å². The zero-order valence-electron chi connectivity index (χ0n) is 11.7. The highest BCUT2D eigenvalue weighted by Gasteiger charge is 2.23. The van der Waals surface area contributed by atoms with Gasteiger partial charge in [-0.05, 0) is 25.8 Å². The summed E-state index contributed by atoms with van der Waals surface area (Å²) in [6, 6.07) is 2.06. The molecule has 17 heavy (non-hydrogen) atoms. The molecular weight excluding hydrogens is 232 g/mol. The fraction of sp³-hybridized carbons (Fsp3) is 0.714. The van der Waals surface area contributed by atoms with Crippen molar-refractivity contribution in [3.63, 3.8) is 0 Å². The molecule has 0 amide bonds. The van der Waals surface area contributed by atoms with E-state index in [1.54, 1.807) is 0 Å². The van der Waals surface area contributed by atoms with Crippen molar-refractivity contribution in [2.75, 3.05) is 0 Å². The molecule has 96 valence electrons. The molecule has 0 saturated heterocycles. The quantitative estimate of drug-likeness (QED) is 0.750. The van der Waals surface area contributed by atoms with Gasteiger partial charge >= 0.3 is 0 Å². The SMILES string of the molecule is Cc1cc(C(C(C)C)C(C)Cl)nc(C(C)C)n1. The summed E-state index contributed by atoms with van der Waals surface area (Å²) in [4.78, 5) is 9.16. The van der Waals surface area contributed by atoms with E-state index in [1.807, 2.05) is 13.8 Å². The third-order valence-corrected chi connectivity index (χ3v) is 3.23. The molecule has 0 fully saturated rings. The van der Waals surface area contributed by atoms with Crippen molar-refractivity contribution in [3.8, 4) is 0 Å². The normalized spacial score (nSPS) is 15.4. The molecule has 1 heterocycles. The van der Waals surface area contributed by atoms with Crippen molar-refractivity contribution in [1.29, 1.82) is 0 Å². The van der Waals surface area contributed by atoms with Gasteiger partial charge in [-0.15, -0.1) is 11.6 Å². The van der Waals surface area contributed by atoms with Crippen molar-refractivity contribution in [2.24, 2.45) is 5.92 Å². The largest absolute Gasteiger partial charge is 0.238 e. The van der Waals surface area contributed by atoms with E-state index in [9.17, 15) is 0 Å². The van der Waals surface area contributed by atoms with E-state index in [0.717, 1.165) is 17.2 Å². The van der Waals surface area contributed by atoms with E-state index >= 15 is 0 Å². The summed E-state index contributed by atoms with van der Waals surface area (Å²) in [7, 11) is 0. The van der Waals surface area contributed by atoms with Gasteiger partial charge in [0.1, 0.15) is 5.82 Å². The molecule has 0 saturated carbocycles. The molecular formula is C14H23ClN2. The molecule has 0 aliphatic carbocycles. The molecule has 0 radical (unpaired) electrons. The third kappa shape index (κ3) is 3.67. The molecule has 0 spiro atoms. The number of hydrogen-bond donors (Lipinski definition) is 0. The smallest absolute Gasteiger partial charge is 0.131 e. The Hall–Kier alpha value is -0.630. The van der Waals surface area contributed by atoms with Crippen LogP contribution in [0.5, 0.6) is 0 Å². The van der Waals surface area contributed by atoms with Crippen LogP contribution in [0, 0.1) is 12.8 Å². The molecule has 1 aromatic rings. The summed E-state index contributed by atoms with van der Waals surface area (Å²) >= 11 is 6.30. The Morgan fingerprint density at radius 2 is 1.65 bits per heavy atom. The van der Waals surface area contributed by atoms with Gasteiger partial charge < -0.3 is 0 Å². The highest BCUT2D eigenvalue weighted by atomic mass is 35.5. The lowest BCUT2D eigenvalue weighted by atomic mass is 9.89. The van der Waals surface area contributed by atoms with Crippen molar-refractivity contribution < 1.29 is 0 Å². The van der Waals surface area contributed by atoms with Crippen LogP contribution in [0.25, 0.3) is 0 Å². The lowest BCUT2D eigenvalue weighted by molar-refractivity contribution is 0.476. The van der Waals surface area contributed by atoms with Crippen LogP contribution in [-0.2, 0) is 0 Å². The Balaban J connectivity index is 3.19. The molecule has 2 unspecified atom stereocenters. The number of halogens is 1. The Morgan fingerprint density at radius 1 is 1.06 bits per heavy atom. The molecule has 1 rings (SSSR count). The van der Waals surface area contributed by atoms with Crippen LogP contribution in [0.4, 0.5) is 0 Å². The topological polar surface area (TPSA) is 25.8 Å². The van der Waals surface area contributed by atoms with Crippen LogP contribution < -0.4 is 0 Å². The van der Waals surface area contributed by atoms with Gasteiger partial charge in [0.25, 0.3) is 0 Å². The number of nitrogens with zero attached hydrogens (tertiary/aromatic N) is 2. The van der Waals surface area contributed by atoms with Crippen molar-refractivity contribution in [2.45, 2.75) is 58.8 Å². The van der Waals surface area contributed by atoms with Crippen molar-refractivity contribution >= 4 is 11.6 Å². The van der Waals surface area contributed by atoms with E-state index in [1.165, 1.54) is 0 Å². The van der Waals surface area contributed by atoms with Crippen LogP contribution in [0.15, 0.2) is 6.07 Å². The second-order valence-corrected chi connectivity index (χ2v) is 6.08. The predicted molar refractivity (Wildman–Crippen MR) is 73.8 cm³/mol. The molecule has 1 aromatic heterocycles. The van der Waals surface area contributed by atoms with E-state index in [2.05, 4.69) is 43.7 Å². The summed E-state index contributed by atoms with van der Waals surface area (Å²) in [5.41, 5.74) is 2.11. The maximum absolute atomic E-state index is 6.30. The lowest BCUT2D eigenvalue weighted by Crippen LogP contribution is -2.19. The van der Waals surface area contributed by atoms with Crippen LogP contribution >= 0.6 is 11.6 Å². The third-order valence-electron chi connectivity index (χ3n) is 2.96. The minimum Gasteiger partial charge on any atom is -0.238 e. The number of rotatable bonds is 4. The molecule has 0 N–H and O–H groups in total. The fourth-order valence-electron chi connectivity index (χ4n) is 2.15. The second-order valence-electron chi connectivity index (χ2n) is 5.39. The van der Waals surface area contributed by atoms with E-state index < -0.39 is 0 Å². The molecule has 0 bridgehead atoms. The van der Waals surface area contributed by atoms with Crippen LogP contribution in [0.2, 0.25) is 0 Å². The summed E-state index contributed by atoms with van der Waals surface area (Å²) in [6.45, 7) is 12.7. The average Bonchev–Trinajstić information content (AvgIpc) is 2.15. The molecule has 0 aliphatic heterocycles. The van der Waals surface area contributed by atoms with Gasteiger partial charge in [0.2, 0.25) is 0 Å². The summed E-state index contributed by atoms with van der Waals surface area (Å²) in [5, 5.41) is 0.0873. The Kier molecular flexibility index (Phi) is 4.93. The maximum Gasteiger partial charge on any atom is 0.131 e. The van der Waals surface area contributed by atoms with Gasteiger partial charge in [-0.2, -0.15) is 0 Å². The minimum atomic E-state index is 0.0873. The first kappa shape index (κ1) is 14.4. The molecule has 2 nitrogen and oxygen atoms in total. The summed E-state index contributed by atoms with van der Waals surface area (Å²) in [5.74, 6) is 2.04. The van der Waals surface area contributed by atoms with Crippen LogP contribution in [0.3, 0.4) is 0 Å². The van der Waals surface area contributed by atoms with Gasteiger partial charge in [0.05, 0.1) is 0 Å². The van der Waals surface area contributed by atoms with Gasteiger partial charge in [-0.3, -0.25) is 0 Å². The summed E-state index contributed by atoms with van der Waals surface area (Å²) in [6.07, 6.45) is 0. The first-order chi connectivity index (χ1) is 7.82. The second kappa shape index (κ2) is 5.81.